The van der Waals surface area contributed by atoms with Gasteiger partial charge in [-0.2, -0.15) is 0 Å². The molecule has 0 aliphatic rings. The fraction of sp³-hybridized carbons (Fsp3) is 0.444. The summed E-state index contributed by atoms with van der Waals surface area (Å²) in [5, 5.41) is 2.77. The number of hydrogen-bond acceptors (Lipinski definition) is 5. The van der Waals surface area contributed by atoms with Crippen LogP contribution < -0.4 is 5.32 Å². The van der Waals surface area contributed by atoms with Crippen LogP contribution in [0.3, 0.4) is 0 Å². The second-order valence-corrected chi connectivity index (χ2v) is 7.73. The maximum Gasteiger partial charge on any atom is 0.232 e. The normalized spacial score (nSPS) is 12.4. The van der Waals surface area contributed by atoms with E-state index in [1.165, 1.54) is 0 Å². The van der Waals surface area contributed by atoms with Crippen LogP contribution >= 0.6 is 0 Å². The Kier molecular flexibility index (Phi) is 6.90. The molecular weight excluding hydrogens is 338 g/mol. The fourth-order valence-electron chi connectivity index (χ4n) is 2.28. The van der Waals surface area contributed by atoms with Gasteiger partial charge in [-0.3, -0.25) is 9.00 Å². The molecule has 2 aromatic rings. The van der Waals surface area contributed by atoms with Crippen LogP contribution in [-0.2, 0) is 21.3 Å². The van der Waals surface area contributed by atoms with Crippen LogP contribution in [0.25, 0.3) is 11.5 Å². The van der Waals surface area contributed by atoms with Crippen LogP contribution in [-0.4, -0.2) is 52.9 Å². The molecule has 1 atom stereocenters. The third-order valence-corrected chi connectivity index (χ3v) is 4.81. The number of nitrogens with one attached hydrogen (secondary N) is 1. The molecule has 0 saturated heterocycles. The van der Waals surface area contributed by atoms with Crippen molar-refractivity contribution in [1.82, 2.24) is 15.2 Å². The first-order valence-electron chi connectivity index (χ1n) is 8.15. The van der Waals surface area contributed by atoms with E-state index in [-0.39, 0.29) is 17.4 Å². The lowest BCUT2D eigenvalue weighted by Gasteiger charge is -2.10. The molecule has 7 heteroatoms. The number of aromatic nitrogens is 1. The van der Waals surface area contributed by atoms with Gasteiger partial charge in [0, 0.05) is 29.5 Å². The van der Waals surface area contributed by atoms with Crippen molar-refractivity contribution >= 4 is 16.7 Å². The zero-order valence-corrected chi connectivity index (χ0v) is 16.0. The summed E-state index contributed by atoms with van der Waals surface area (Å²) in [7, 11) is 2.55. The first kappa shape index (κ1) is 19.3. The van der Waals surface area contributed by atoms with Gasteiger partial charge in [0.1, 0.15) is 11.5 Å². The van der Waals surface area contributed by atoms with Gasteiger partial charge in [-0.1, -0.05) is 17.7 Å². The number of likely N-dealkylation sites (N-methyl/N-ethyl adjacent to an activating group) is 1. The molecule has 1 amide bonds. The highest BCUT2D eigenvalue weighted by Gasteiger charge is 2.16. The Balaban J connectivity index is 1.94. The molecule has 1 aromatic carbocycles. The molecule has 0 aliphatic carbocycles. The number of carbonyl (C=O) groups is 1. The van der Waals surface area contributed by atoms with Crippen molar-refractivity contribution < 1.29 is 13.4 Å². The van der Waals surface area contributed by atoms with E-state index < -0.39 is 10.8 Å². The third kappa shape index (κ3) is 6.10. The average molecular weight is 363 g/mol. The lowest BCUT2D eigenvalue weighted by Crippen LogP contribution is -2.34. The van der Waals surface area contributed by atoms with E-state index in [0.717, 1.165) is 17.7 Å². The van der Waals surface area contributed by atoms with E-state index in [1.54, 1.807) is 6.92 Å². The summed E-state index contributed by atoms with van der Waals surface area (Å²) < 4.78 is 17.9. The monoisotopic (exact) mass is 363 g/mol. The van der Waals surface area contributed by atoms with E-state index in [4.69, 9.17) is 4.42 Å². The first-order valence-corrected chi connectivity index (χ1v) is 9.63. The van der Waals surface area contributed by atoms with Gasteiger partial charge in [-0.25, -0.2) is 4.98 Å². The molecule has 2 rings (SSSR count). The van der Waals surface area contributed by atoms with E-state index in [2.05, 4.69) is 10.3 Å². The molecular formula is C18H25N3O3S. The van der Waals surface area contributed by atoms with Crippen LogP contribution in [0.5, 0.6) is 0 Å². The second kappa shape index (κ2) is 8.92. The summed E-state index contributed by atoms with van der Waals surface area (Å²) in [4.78, 5) is 18.2. The summed E-state index contributed by atoms with van der Waals surface area (Å²) in [6.07, 6.45) is 0. The van der Waals surface area contributed by atoms with E-state index in [0.29, 0.717) is 23.9 Å². The van der Waals surface area contributed by atoms with Crippen LogP contribution in [0, 0.1) is 13.8 Å². The Morgan fingerprint density at radius 1 is 1.32 bits per heavy atom. The van der Waals surface area contributed by atoms with Crippen LogP contribution in [0.1, 0.15) is 17.0 Å². The fourth-order valence-corrected chi connectivity index (χ4v) is 3.35. The molecule has 1 aromatic heterocycles. The number of oxazole rings is 1. The maximum absolute atomic E-state index is 12.2. The standard InChI is InChI=1S/C18H25N3O3S/c1-13-6-5-7-15(10-13)18-20-16(14(2)24-18)11-25(23)12-17(22)19-8-9-21(3)4/h5-7,10H,8-9,11-12H2,1-4H3,(H,19,22)/t25-/m1/s1. The molecule has 0 fully saturated rings. The zero-order valence-electron chi connectivity index (χ0n) is 15.2. The minimum atomic E-state index is -1.32. The van der Waals surface area contributed by atoms with E-state index in [9.17, 15) is 9.00 Å². The Morgan fingerprint density at radius 2 is 2.08 bits per heavy atom. The van der Waals surface area contributed by atoms with Gasteiger partial charge in [0.2, 0.25) is 11.8 Å². The van der Waals surface area contributed by atoms with Crippen molar-refractivity contribution in [3.63, 3.8) is 0 Å². The molecule has 25 heavy (non-hydrogen) atoms. The molecule has 0 radical (unpaired) electrons. The zero-order chi connectivity index (χ0) is 18.4. The molecule has 0 aliphatic heterocycles. The van der Waals surface area contributed by atoms with Gasteiger partial charge in [0.05, 0.1) is 11.4 Å². The van der Waals surface area contributed by atoms with Crippen molar-refractivity contribution in [3.05, 3.63) is 41.3 Å². The predicted octanol–water partition coefficient (Wildman–Crippen LogP) is 1.88. The average Bonchev–Trinajstić information content (AvgIpc) is 2.87. The minimum Gasteiger partial charge on any atom is -0.441 e. The van der Waals surface area contributed by atoms with E-state index >= 15 is 0 Å². The number of rotatable bonds is 8. The molecule has 0 unspecified atom stereocenters. The van der Waals surface area contributed by atoms with Gasteiger partial charge >= 0.3 is 0 Å². The van der Waals surface area contributed by atoms with Crippen LogP contribution in [0.2, 0.25) is 0 Å². The van der Waals surface area contributed by atoms with Gasteiger partial charge < -0.3 is 14.6 Å². The van der Waals surface area contributed by atoms with Crippen molar-refractivity contribution in [2.24, 2.45) is 0 Å². The Labute approximate surface area is 151 Å². The van der Waals surface area contributed by atoms with Crippen LogP contribution in [0.15, 0.2) is 28.7 Å². The number of nitrogens with zero attached hydrogens (tertiary/aromatic N) is 2. The number of carbonyl (C=O) groups excluding carboxylic acids is 1. The summed E-state index contributed by atoms with van der Waals surface area (Å²) in [6.45, 7) is 5.10. The highest BCUT2D eigenvalue weighted by atomic mass is 32.2. The summed E-state index contributed by atoms with van der Waals surface area (Å²) in [5.74, 6) is 1.13. The summed E-state index contributed by atoms with van der Waals surface area (Å²) in [6, 6.07) is 7.87. The quantitative estimate of drug-likeness (QED) is 0.775. The number of aryl methyl sites for hydroxylation is 2. The van der Waals surface area contributed by atoms with Crippen molar-refractivity contribution in [2.45, 2.75) is 19.6 Å². The van der Waals surface area contributed by atoms with Gasteiger partial charge in [-0.15, -0.1) is 0 Å². The largest absolute Gasteiger partial charge is 0.441 e. The topological polar surface area (TPSA) is 75.4 Å². The minimum absolute atomic E-state index is 0.0283. The Bertz CT molecular complexity index is 756. The van der Waals surface area contributed by atoms with Crippen molar-refractivity contribution in [1.29, 1.82) is 0 Å². The molecule has 6 nitrogen and oxygen atoms in total. The number of amides is 1. The second-order valence-electron chi connectivity index (χ2n) is 6.27. The molecule has 0 spiro atoms. The Hall–Kier alpha value is -1.99. The highest BCUT2D eigenvalue weighted by Crippen LogP contribution is 2.23. The molecule has 0 saturated carbocycles. The SMILES string of the molecule is Cc1cccc(-c2nc(C[S@@](=O)CC(=O)NCCN(C)C)c(C)o2)c1. The number of benzene rings is 1. The van der Waals surface area contributed by atoms with Crippen molar-refractivity contribution in [3.8, 4) is 11.5 Å². The molecule has 0 bridgehead atoms. The van der Waals surface area contributed by atoms with E-state index in [1.807, 2.05) is 50.2 Å². The maximum atomic E-state index is 12.2. The molecule has 136 valence electrons. The predicted molar refractivity (Wildman–Crippen MR) is 99.7 cm³/mol. The lowest BCUT2D eigenvalue weighted by molar-refractivity contribution is -0.118. The third-order valence-electron chi connectivity index (χ3n) is 3.63. The first-order chi connectivity index (χ1) is 11.8. The molecule has 1 heterocycles. The number of hydrogen-bond donors (Lipinski definition) is 1. The van der Waals surface area contributed by atoms with Crippen LogP contribution in [0.4, 0.5) is 0 Å². The smallest absolute Gasteiger partial charge is 0.232 e. The van der Waals surface area contributed by atoms with Gasteiger partial charge in [-0.05, 0) is 40.1 Å². The summed E-state index contributed by atoms with van der Waals surface area (Å²) >= 11 is 0. The van der Waals surface area contributed by atoms with Gasteiger partial charge in [0.15, 0.2) is 0 Å². The Morgan fingerprint density at radius 3 is 2.76 bits per heavy atom. The van der Waals surface area contributed by atoms with Gasteiger partial charge in [0.25, 0.3) is 0 Å². The highest BCUT2D eigenvalue weighted by molar-refractivity contribution is 7.84. The lowest BCUT2D eigenvalue weighted by atomic mass is 10.1. The summed E-state index contributed by atoms with van der Waals surface area (Å²) in [5.41, 5.74) is 2.64. The van der Waals surface area contributed by atoms with Crippen molar-refractivity contribution in [2.75, 3.05) is 32.9 Å². The molecule has 1 N–H and O–H groups in total.